The summed E-state index contributed by atoms with van der Waals surface area (Å²) in [4.78, 5) is 8.05. The van der Waals surface area contributed by atoms with Crippen LogP contribution < -0.4 is 17.2 Å². The lowest BCUT2D eigenvalue weighted by Crippen LogP contribution is -2.27. The Balaban J connectivity index is 4.24. The summed E-state index contributed by atoms with van der Waals surface area (Å²) in [5, 5.41) is 0. The van der Waals surface area contributed by atoms with Crippen molar-refractivity contribution in [3.8, 4) is 0 Å². The Kier molecular flexibility index (Phi) is 8.29. The van der Waals surface area contributed by atoms with Crippen molar-refractivity contribution < 1.29 is 0 Å². The van der Waals surface area contributed by atoms with E-state index in [1.165, 1.54) is 19.3 Å². The Hall–Kier alpha value is -1.26. The van der Waals surface area contributed by atoms with Crippen molar-refractivity contribution in [3.63, 3.8) is 0 Å². The van der Waals surface area contributed by atoms with Crippen LogP contribution in [0.25, 0.3) is 0 Å². The first-order chi connectivity index (χ1) is 7.60. The lowest BCUT2D eigenvalue weighted by atomic mass is 10.1. The van der Waals surface area contributed by atoms with E-state index in [0.717, 1.165) is 19.3 Å². The van der Waals surface area contributed by atoms with Gasteiger partial charge >= 0.3 is 0 Å². The molecule has 0 aromatic heterocycles. The Morgan fingerprint density at radius 3 is 2.19 bits per heavy atom. The van der Waals surface area contributed by atoms with Gasteiger partial charge in [0.25, 0.3) is 0 Å². The Bertz CT molecular complexity index is 231. The van der Waals surface area contributed by atoms with Crippen molar-refractivity contribution in [2.24, 2.45) is 27.2 Å². The molecule has 0 aromatic carbocycles. The third-order valence-corrected chi connectivity index (χ3v) is 2.32. The van der Waals surface area contributed by atoms with Gasteiger partial charge in [0.2, 0.25) is 5.96 Å². The molecule has 0 aromatic rings. The molecule has 0 aliphatic heterocycles. The summed E-state index contributed by atoms with van der Waals surface area (Å²) in [6, 6.07) is 0.250. The molecule has 0 radical (unpaired) electrons. The maximum absolute atomic E-state index is 5.61. The van der Waals surface area contributed by atoms with Crippen molar-refractivity contribution in [1.82, 2.24) is 0 Å². The minimum Gasteiger partial charge on any atom is -0.370 e. The summed E-state index contributed by atoms with van der Waals surface area (Å²) in [5.41, 5.74) is 16.1. The van der Waals surface area contributed by atoms with Crippen molar-refractivity contribution in [2.45, 2.75) is 58.4 Å². The monoisotopic (exact) mass is 227 g/mol. The second kappa shape index (κ2) is 9.00. The zero-order valence-electron chi connectivity index (χ0n) is 10.4. The molecule has 5 nitrogen and oxygen atoms in total. The third-order valence-electron chi connectivity index (χ3n) is 2.32. The molecule has 6 N–H and O–H groups in total. The predicted molar refractivity (Wildman–Crippen MR) is 70.3 cm³/mol. The van der Waals surface area contributed by atoms with Gasteiger partial charge in [-0.05, 0) is 12.8 Å². The maximum Gasteiger partial charge on any atom is 0.218 e. The highest BCUT2D eigenvalue weighted by atomic mass is 15.1. The molecule has 1 atom stereocenters. The van der Waals surface area contributed by atoms with Gasteiger partial charge in [-0.3, -0.25) is 0 Å². The molecule has 0 aliphatic rings. The normalized spacial score (nSPS) is 13.5. The van der Waals surface area contributed by atoms with E-state index in [0.29, 0.717) is 0 Å². The smallest absolute Gasteiger partial charge is 0.218 e. The van der Waals surface area contributed by atoms with Crippen molar-refractivity contribution >= 4 is 11.9 Å². The van der Waals surface area contributed by atoms with Gasteiger partial charge in [-0.25, -0.2) is 4.99 Å². The molecule has 16 heavy (non-hydrogen) atoms. The standard InChI is InChI=1S/C11H25N5/c1-3-5-6-8-9(7-4-2)15-11(14)16-10(12)13/h9H,3-8H2,1-2H3,(H6,12,13,14,15,16). The highest BCUT2D eigenvalue weighted by Crippen LogP contribution is 2.11. The van der Waals surface area contributed by atoms with E-state index in [2.05, 4.69) is 23.8 Å². The lowest BCUT2D eigenvalue weighted by Gasteiger charge is -2.11. The first kappa shape index (κ1) is 14.7. The van der Waals surface area contributed by atoms with E-state index in [1.807, 2.05) is 0 Å². The summed E-state index contributed by atoms with van der Waals surface area (Å²) in [7, 11) is 0. The molecule has 0 amide bonds. The molecule has 1 unspecified atom stereocenters. The molecule has 0 spiro atoms. The summed E-state index contributed by atoms with van der Waals surface area (Å²) in [6.45, 7) is 4.32. The number of hydrogen-bond donors (Lipinski definition) is 3. The number of unbranched alkanes of at least 4 members (excludes halogenated alkanes) is 2. The van der Waals surface area contributed by atoms with Crippen molar-refractivity contribution in [3.05, 3.63) is 0 Å². The van der Waals surface area contributed by atoms with Crippen LogP contribution >= 0.6 is 0 Å². The largest absolute Gasteiger partial charge is 0.370 e. The van der Waals surface area contributed by atoms with Crippen LogP contribution in [0.2, 0.25) is 0 Å². The molecule has 0 aliphatic carbocycles. The Labute approximate surface area is 98.2 Å². The molecule has 94 valence electrons. The summed E-state index contributed by atoms with van der Waals surface area (Å²) in [5.74, 6) is 0.153. The first-order valence-corrected chi connectivity index (χ1v) is 6.03. The van der Waals surface area contributed by atoms with Gasteiger partial charge in [0.05, 0.1) is 6.04 Å². The van der Waals surface area contributed by atoms with Crippen molar-refractivity contribution in [1.29, 1.82) is 0 Å². The fraction of sp³-hybridized carbons (Fsp3) is 0.818. The van der Waals surface area contributed by atoms with E-state index in [4.69, 9.17) is 17.2 Å². The quantitative estimate of drug-likeness (QED) is 0.347. The number of hydrogen-bond acceptors (Lipinski definition) is 1. The molecular formula is C11H25N5. The molecule has 0 fully saturated rings. The first-order valence-electron chi connectivity index (χ1n) is 6.03. The fourth-order valence-corrected chi connectivity index (χ4v) is 1.58. The molecule has 0 heterocycles. The second-order valence-corrected chi connectivity index (χ2v) is 3.96. The minimum absolute atomic E-state index is 0.0370. The molecule has 0 saturated heterocycles. The zero-order chi connectivity index (χ0) is 12.4. The van der Waals surface area contributed by atoms with Gasteiger partial charge in [0, 0.05) is 0 Å². The second-order valence-electron chi connectivity index (χ2n) is 3.96. The maximum atomic E-state index is 5.61. The number of nitrogens with two attached hydrogens (primary N) is 3. The van der Waals surface area contributed by atoms with Crippen LogP contribution in [0.15, 0.2) is 9.98 Å². The van der Waals surface area contributed by atoms with Crippen LogP contribution in [0.4, 0.5) is 0 Å². The third kappa shape index (κ3) is 8.08. The average Bonchev–Trinajstić information content (AvgIpc) is 2.16. The van der Waals surface area contributed by atoms with Crippen LogP contribution in [-0.4, -0.2) is 18.0 Å². The van der Waals surface area contributed by atoms with E-state index in [1.54, 1.807) is 0 Å². The van der Waals surface area contributed by atoms with Gasteiger partial charge in [0.1, 0.15) is 0 Å². The Morgan fingerprint density at radius 2 is 1.69 bits per heavy atom. The number of guanidine groups is 2. The summed E-state index contributed by atoms with van der Waals surface area (Å²) >= 11 is 0. The predicted octanol–water partition coefficient (Wildman–Crippen LogP) is 1.32. The number of rotatable bonds is 7. The number of nitrogens with zero attached hydrogens (tertiary/aromatic N) is 2. The fourth-order valence-electron chi connectivity index (χ4n) is 1.58. The van der Waals surface area contributed by atoms with Gasteiger partial charge in [-0.15, -0.1) is 0 Å². The average molecular weight is 227 g/mol. The molecular weight excluding hydrogens is 202 g/mol. The van der Waals surface area contributed by atoms with Gasteiger partial charge < -0.3 is 17.2 Å². The SMILES string of the molecule is CCCCCC(CCC)N=C(N)N=C(N)N. The minimum atomic E-state index is -0.0370. The van der Waals surface area contributed by atoms with E-state index >= 15 is 0 Å². The Morgan fingerprint density at radius 1 is 1.00 bits per heavy atom. The topological polar surface area (TPSA) is 103 Å². The van der Waals surface area contributed by atoms with Crippen LogP contribution in [0.5, 0.6) is 0 Å². The highest BCUT2D eigenvalue weighted by Gasteiger charge is 2.06. The highest BCUT2D eigenvalue weighted by molar-refractivity contribution is 5.92. The van der Waals surface area contributed by atoms with Crippen LogP contribution in [0, 0.1) is 0 Å². The van der Waals surface area contributed by atoms with Crippen LogP contribution in [0.1, 0.15) is 52.4 Å². The lowest BCUT2D eigenvalue weighted by molar-refractivity contribution is 0.525. The van der Waals surface area contributed by atoms with E-state index in [-0.39, 0.29) is 18.0 Å². The van der Waals surface area contributed by atoms with Crippen molar-refractivity contribution in [2.75, 3.05) is 0 Å². The number of aliphatic imine (C=N–C) groups is 2. The molecule has 5 heteroatoms. The summed E-state index contributed by atoms with van der Waals surface area (Å²) in [6.07, 6.45) is 6.81. The van der Waals surface area contributed by atoms with E-state index in [9.17, 15) is 0 Å². The zero-order valence-corrected chi connectivity index (χ0v) is 10.4. The van der Waals surface area contributed by atoms with Gasteiger partial charge in [-0.1, -0.05) is 39.5 Å². The van der Waals surface area contributed by atoms with E-state index < -0.39 is 0 Å². The van der Waals surface area contributed by atoms with Gasteiger partial charge in [0.15, 0.2) is 5.96 Å². The van der Waals surface area contributed by atoms with Crippen LogP contribution in [0.3, 0.4) is 0 Å². The van der Waals surface area contributed by atoms with Gasteiger partial charge in [-0.2, -0.15) is 4.99 Å². The molecule has 0 saturated carbocycles. The van der Waals surface area contributed by atoms with Crippen LogP contribution in [-0.2, 0) is 0 Å². The molecule has 0 bridgehead atoms. The molecule has 0 rings (SSSR count). The summed E-state index contributed by atoms with van der Waals surface area (Å²) < 4.78 is 0.